The summed E-state index contributed by atoms with van der Waals surface area (Å²) in [5, 5.41) is 2.08. The number of methoxy groups -OCH3 is 1. The number of amides is 2. The summed E-state index contributed by atoms with van der Waals surface area (Å²) in [7, 11) is 1.62. The summed E-state index contributed by atoms with van der Waals surface area (Å²) in [6, 6.07) is 9.44. The van der Waals surface area contributed by atoms with E-state index in [1.807, 2.05) is 43.0 Å². The van der Waals surface area contributed by atoms with Crippen LogP contribution in [-0.4, -0.2) is 54.5 Å². The van der Waals surface area contributed by atoms with E-state index in [9.17, 15) is 9.59 Å². The highest BCUT2D eigenvalue weighted by atomic mass is 32.1. The van der Waals surface area contributed by atoms with Crippen molar-refractivity contribution >= 4 is 23.2 Å². The average molecular weight is 443 g/mol. The quantitative estimate of drug-likeness (QED) is 0.622. The number of para-hydroxylation sites is 2. The number of ether oxygens (including phenoxy) is 2. The molecule has 1 saturated carbocycles. The predicted molar refractivity (Wildman–Crippen MR) is 121 cm³/mol. The zero-order valence-corrected chi connectivity index (χ0v) is 19.2. The van der Waals surface area contributed by atoms with Gasteiger partial charge in [0.2, 0.25) is 11.8 Å². The standard InChI is InChI=1S/C24H30N2O4S/c1-16(2)26(24(28)17-8-9-17)14-23(27)25-12-10-22-18(11-13-31-22)19(25)15-30-21-7-5-4-6-20(21)29-3/h4-7,11,13,16-17,19H,8-10,12,14-15H2,1-3H3/t19-/m0/s1. The Morgan fingerprint density at radius 3 is 2.61 bits per heavy atom. The van der Waals surface area contributed by atoms with E-state index in [0.29, 0.717) is 24.7 Å². The van der Waals surface area contributed by atoms with Crippen molar-refractivity contribution in [3.8, 4) is 11.5 Å². The molecule has 0 unspecified atom stereocenters. The molecule has 2 aromatic rings. The molecule has 1 fully saturated rings. The molecule has 1 aliphatic heterocycles. The molecule has 0 bridgehead atoms. The normalized spacial score (nSPS) is 17.9. The molecular weight excluding hydrogens is 412 g/mol. The minimum Gasteiger partial charge on any atom is -0.493 e. The lowest BCUT2D eigenvalue weighted by molar-refractivity contribution is -0.144. The first-order valence-corrected chi connectivity index (χ1v) is 11.8. The molecule has 2 amide bonds. The number of carbonyl (C=O) groups is 2. The first-order valence-electron chi connectivity index (χ1n) is 10.9. The zero-order chi connectivity index (χ0) is 22.0. The minimum absolute atomic E-state index is 0.00169. The smallest absolute Gasteiger partial charge is 0.242 e. The molecule has 2 aliphatic rings. The molecule has 1 aromatic heterocycles. The predicted octanol–water partition coefficient (Wildman–Crippen LogP) is 3.91. The fourth-order valence-corrected chi connectivity index (χ4v) is 5.03. The third kappa shape index (κ3) is 4.71. The van der Waals surface area contributed by atoms with Crippen molar-refractivity contribution in [1.29, 1.82) is 0 Å². The van der Waals surface area contributed by atoms with Crippen molar-refractivity contribution in [2.75, 3.05) is 26.8 Å². The Balaban J connectivity index is 1.52. The Morgan fingerprint density at radius 2 is 1.94 bits per heavy atom. The maximum atomic E-state index is 13.4. The first-order chi connectivity index (χ1) is 15.0. The van der Waals surface area contributed by atoms with Gasteiger partial charge in [0.25, 0.3) is 0 Å². The van der Waals surface area contributed by atoms with E-state index in [-0.39, 0.29) is 36.4 Å². The van der Waals surface area contributed by atoms with Crippen LogP contribution >= 0.6 is 11.3 Å². The SMILES string of the molecule is COc1ccccc1OC[C@H]1c2ccsc2CCN1C(=O)CN(C(=O)C1CC1)C(C)C. The second kappa shape index (κ2) is 9.30. The van der Waals surface area contributed by atoms with Crippen LogP contribution in [0.15, 0.2) is 35.7 Å². The first kappa shape index (κ1) is 21.7. The highest BCUT2D eigenvalue weighted by Gasteiger charge is 2.38. The van der Waals surface area contributed by atoms with Crippen LogP contribution in [0.5, 0.6) is 11.5 Å². The number of rotatable bonds is 8. The maximum absolute atomic E-state index is 13.4. The molecule has 1 aliphatic carbocycles. The van der Waals surface area contributed by atoms with Gasteiger partial charge in [-0.15, -0.1) is 11.3 Å². The number of fused-ring (bicyclic) bond motifs is 1. The minimum atomic E-state index is -0.183. The second-order valence-electron chi connectivity index (χ2n) is 8.45. The number of carbonyl (C=O) groups excluding carboxylic acids is 2. The van der Waals surface area contributed by atoms with Gasteiger partial charge in [-0.1, -0.05) is 12.1 Å². The lowest BCUT2D eigenvalue weighted by Crippen LogP contribution is -2.49. The highest BCUT2D eigenvalue weighted by Crippen LogP contribution is 2.36. The van der Waals surface area contributed by atoms with Crippen molar-refractivity contribution in [2.24, 2.45) is 5.92 Å². The van der Waals surface area contributed by atoms with Gasteiger partial charge in [-0.2, -0.15) is 0 Å². The summed E-state index contributed by atoms with van der Waals surface area (Å²) in [6.45, 7) is 5.05. The van der Waals surface area contributed by atoms with Crippen LogP contribution in [0.3, 0.4) is 0 Å². The number of nitrogens with zero attached hydrogens (tertiary/aromatic N) is 2. The van der Waals surface area contributed by atoms with Gasteiger partial charge in [-0.05, 0) is 62.3 Å². The summed E-state index contributed by atoms with van der Waals surface area (Å²) >= 11 is 1.73. The Hall–Kier alpha value is -2.54. The van der Waals surface area contributed by atoms with Crippen molar-refractivity contribution < 1.29 is 19.1 Å². The molecule has 6 nitrogen and oxygen atoms in total. The topological polar surface area (TPSA) is 59.1 Å². The van der Waals surface area contributed by atoms with Crippen LogP contribution in [0.25, 0.3) is 0 Å². The van der Waals surface area contributed by atoms with Crippen LogP contribution in [0.4, 0.5) is 0 Å². The molecule has 31 heavy (non-hydrogen) atoms. The van der Waals surface area contributed by atoms with Gasteiger partial charge < -0.3 is 19.3 Å². The number of hydrogen-bond acceptors (Lipinski definition) is 5. The molecular formula is C24H30N2O4S. The van der Waals surface area contributed by atoms with Crippen molar-refractivity contribution in [1.82, 2.24) is 9.80 Å². The van der Waals surface area contributed by atoms with Crippen LogP contribution < -0.4 is 9.47 Å². The van der Waals surface area contributed by atoms with Crippen molar-refractivity contribution in [3.05, 3.63) is 46.2 Å². The molecule has 0 spiro atoms. The summed E-state index contributed by atoms with van der Waals surface area (Å²) in [4.78, 5) is 31.0. The average Bonchev–Trinajstić information content (AvgIpc) is 3.51. The molecule has 0 radical (unpaired) electrons. The molecule has 1 aromatic carbocycles. The van der Waals surface area contributed by atoms with Crippen LogP contribution in [0.1, 0.15) is 43.2 Å². The molecule has 7 heteroatoms. The summed E-state index contributed by atoms with van der Waals surface area (Å²) in [6.07, 6.45) is 2.71. The van der Waals surface area contributed by atoms with Crippen LogP contribution in [0, 0.1) is 5.92 Å². The molecule has 4 rings (SSSR count). The molecule has 2 heterocycles. The Kier molecular flexibility index (Phi) is 6.51. The van der Waals surface area contributed by atoms with Gasteiger partial charge in [0.05, 0.1) is 13.2 Å². The third-order valence-corrected chi connectivity index (χ3v) is 7.02. The monoisotopic (exact) mass is 442 g/mol. The summed E-state index contributed by atoms with van der Waals surface area (Å²) in [5.74, 6) is 1.52. The van der Waals surface area contributed by atoms with Gasteiger partial charge in [-0.3, -0.25) is 9.59 Å². The van der Waals surface area contributed by atoms with E-state index in [0.717, 1.165) is 24.8 Å². The zero-order valence-electron chi connectivity index (χ0n) is 18.4. The molecule has 0 saturated heterocycles. The maximum Gasteiger partial charge on any atom is 0.242 e. The van der Waals surface area contributed by atoms with Gasteiger partial charge >= 0.3 is 0 Å². The van der Waals surface area contributed by atoms with E-state index in [2.05, 4.69) is 11.4 Å². The van der Waals surface area contributed by atoms with Crippen LogP contribution in [0.2, 0.25) is 0 Å². The van der Waals surface area contributed by atoms with E-state index in [1.54, 1.807) is 23.3 Å². The fraction of sp³-hybridized carbons (Fsp3) is 0.500. The Labute approximate surface area is 187 Å². The van der Waals surface area contributed by atoms with E-state index in [1.165, 1.54) is 4.88 Å². The van der Waals surface area contributed by atoms with Gasteiger partial charge in [0.15, 0.2) is 11.5 Å². The fourth-order valence-electron chi connectivity index (χ4n) is 4.10. The van der Waals surface area contributed by atoms with E-state index >= 15 is 0 Å². The third-order valence-electron chi connectivity index (χ3n) is 6.02. The second-order valence-corrected chi connectivity index (χ2v) is 9.45. The summed E-state index contributed by atoms with van der Waals surface area (Å²) in [5.41, 5.74) is 1.14. The van der Waals surface area contributed by atoms with Gasteiger partial charge in [0.1, 0.15) is 13.2 Å². The van der Waals surface area contributed by atoms with Gasteiger partial charge in [-0.25, -0.2) is 0 Å². The van der Waals surface area contributed by atoms with Crippen molar-refractivity contribution in [3.63, 3.8) is 0 Å². The summed E-state index contributed by atoms with van der Waals surface area (Å²) < 4.78 is 11.5. The van der Waals surface area contributed by atoms with E-state index < -0.39 is 0 Å². The lowest BCUT2D eigenvalue weighted by Gasteiger charge is -2.37. The van der Waals surface area contributed by atoms with Gasteiger partial charge in [0, 0.05) is 23.4 Å². The lowest BCUT2D eigenvalue weighted by atomic mass is 10.00. The molecule has 1 atom stereocenters. The number of hydrogen-bond donors (Lipinski definition) is 0. The number of thiophene rings is 1. The van der Waals surface area contributed by atoms with E-state index in [4.69, 9.17) is 9.47 Å². The number of benzene rings is 1. The Morgan fingerprint density at radius 1 is 1.19 bits per heavy atom. The van der Waals surface area contributed by atoms with Crippen LogP contribution in [-0.2, 0) is 16.0 Å². The van der Waals surface area contributed by atoms with Crippen molar-refractivity contribution in [2.45, 2.75) is 45.2 Å². The molecule has 166 valence electrons. The highest BCUT2D eigenvalue weighted by molar-refractivity contribution is 7.10. The largest absolute Gasteiger partial charge is 0.493 e. The molecule has 0 N–H and O–H groups in total. The Bertz CT molecular complexity index is 937.